The molecule has 7 heteroatoms. The first-order chi connectivity index (χ1) is 14.8. The van der Waals surface area contributed by atoms with Crippen LogP contribution in [0.4, 0.5) is 4.79 Å². The van der Waals surface area contributed by atoms with E-state index < -0.39 is 30.8 Å². The van der Waals surface area contributed by atoms with Crippen LogP contribution >= 0.6 is 0 Å². The van der Waals surface area contributed by atoms with Crippen LogP contribution in [-0.4, -0.2) is 59.8 Å². The molecule has 0 aromatic heterocycles. The second kappa shape index (κ2) is 10.2. The SMILES string of the molecule is CC(C)COC(=O)N1C[C@@H](O)C[C@H]1C(=O)OCC(=O)c1ccc(-c2ccccc2)cc1. The minimum absolute atomic E-state index is 0.00834. The fraction of sp³-hybridized carbons (Fsp3) is 0.375. The maximum absolute atomic E-state index is 12.5. The van der Waals surface area contributed by atoms with E-state index in [0.717, 1.165) is 16.0 Å². The molecular formula is C24H27NO6. The standard InChI is InChI=1S/C24H27NO6/c1-16(2)14-31-24(29)25-13-20(26)12-21(25)23(28)30-15-22(27)19-10-8-18(9-11-19)17-6-4-3-5-7-17/h3-11,16,20-21,26H,12-15H2,1-2H3/t20-,21-/m0/s1. The van der Waals surface area contributed by atoms with Crippen LogP contribution in [0.5, 0.6) is 0 Å². The second-order valence-corrected chi connectivity index (χ2v) is 8.00. The highest BCUT2D eigenvalue weighted by atomic mass is 16.6. The highest BCUT2D eigenvalue weighted by Gasteiger charge is 2.41. The van der Waals surface area contributed by atoms with Crippen LogP contribution in [0.2, 0.25) is 0 Å². The Bertz CT molecular complexity index is 909. The second-order valence-electron chi connectivity index (χ2n) is 8.00. The molecule has 31 heavy (non-hydrogen) atoms. The Labute approximate surface area is 181 Å². The van der Waals surface area contributed by atoms with Crippen molar-refractivity contribution in [2.24, 2.45) is 5.92 Å². The lowest BCUT2D eigenvalue weighted by atomic mass is 10.0. The molecule has 1 N–H and O–H groups in total. The largest absolute Gasteiger partial charge is 0.456 e. The molecule has 7 nitrogen and oxygen atoms in total. The predicted molar refractivity (Wildman–Crippen MR) is 114 cm³/mol. The lowest BCUT2D eigenvalue weighted by Crippen LogP contribution is -2.42. The minimum Gasteiger partial charge on any atom is -0.456 e. The van der Waals surface area contributed by atoms with Gasteiger partial charge in [0, 0.05) is 12.0 Å². The number of ether oxygens (including phenoxy) is 2. The average molecular weight is 425 g/mol. The molecule has 2 aromatic rings. The Balaban J connectivity index is 1.56. The van der Waals surface area contributed by atoms with E-state index in [-0.39, 0.29) is 31.3 Å². The normalized spacial score (nSPS) is 18.1. The average Bonchev–Trinajstić information content (AvgIpc) is 3.18. The molecule has 3 rings (SSSR count). The van der Waals surface area contributed by atoms with Gasteiger partial charge in [0.2, 0.25) is 0 Å². The smallest absolute Gasteiger partial charge is 0.410 e. The molecule has 0 unspecified atom stereocenters. The number of hydrogen-bond acceptors (Lipinski definition) is 6. The van der Waals surface area contributed by atoms with Crippen molar-refractivity contribution < 1.29 is 29.0 Å². The monoisotopic (exact) mass is 425 g/mol. The van der Waals surface area contributed by atoms with Crippen molar-refractivity contribution in [3.8, 4) is 11.1 Å². The van der Waals surface area contributed by atoms with Crippen molar-refractivity contribution >= 4 is 17.8 Å². The van der Waals surface area contributed by atoms with Gasteiger partial charge >= 0.3 is 12.1 Å². The van der Waals surface area contributed by atoms with E-state index in [9.17, 15) is 19.5 Å². The quantitative estimate of drug-likeness (QED) is 0.540. The molecule has 0 saturated carbocycles. The molecule has 0 spiro atoms. The third kappa shape index (κ3) is 5.92. The van der Waals surface area contributed by atoms with Gasteiger partial charge in [0.25, 0.3) is 0 Å². The van der Waals surface area contributed by atoms with E-state index in [1.54, 1.807) is 12.1 Å². The summed E-state index contributed by atoms with van der Waals surface area (Å²) in [5.41, 5.74) is 2.44. The van der Waals surface area contributed by atoms with Crippen LogP contribution in [0, 0.1) is 5.92 Å². The number of likely N-dealkylation sites (tertiary alicyclic amines) is 1. The van der Waals surface area contributed by atoms with Crippen LogP contribution in [0.3, 0.4) is 0 Å². The Morgan fingerprint density at radius 1 is 1.00 bits per heavy atom. The third-order valence-corrected chi connectivity index (χ3v) is 4.99. The van der Waals surface area contributed by atoms with Crippen molar-refractivity contribution in [1.29, 1.82) is 0 Å². The number of ketones is 1. The number of rotatable bonds is 7. The van der Waals surface area contributed by atoms with Crippen molar-refractivity contribution in [3.05, 3.63) is 60.2 Å². The fourth-order valence-corrected chi connectivity index (χ4v) is 3.36. The Hall–Kier alpha value is -3.19. The summed E-state index contributed by atoms with van der Waals surface area (Å²) in [6.07, 6.45) is -1.46. The number of hydrogen-bond donors (Lipinski definition) is 1. The lowest BCUT2D eigenvalue weighted by molar-refractivity contribution is -0.147. The van der Waals surface area contributed by atoms with Crippen molar-refractivity contribution in [3.63, 3.8) is 0 Å². The number of amides is 1. The zero-order valence-corrected chi connectivity index (χ0v) is 17.7. The van der Waals surface area contributed by atoms with Gasteiger partial charge in [0.15, 0.2) is 12.4 Å². The summed E-state index contributed by atoms with van der Waals surface area (Å²) in [6, 6.07) is 15.9. The molecule has 1 fully saturated rings. The van der Waals surface area contributed by atoms with E-state index in [2.05, 4.69) is 0 Å². The maximum atomic E-state index is 12.5. The predicted octanol–water partition coefficient (Wildman–Crippen LogP) is 3.31. The number of nitrogens with zero attached hydrogens (tertiary/aromatic N) is 1. The zero-order chi connectivity index (χ0) is 22.4. The molecule has 1 saturated heterocycles. The van der Waals surface area contributed by atoms with Crippen LogP contribution in [0.1, 0.15) is 30.6 Å². The van der Waals surface area contributed by atoms with E-state index in [4.69, 9.17) is 9.47 Å². The van der Waals surface area contributed by atoms with E-state index in [0.29, 0.717) is 5.56 Å². The van der Waals surface area contributed by atoms with Crippen LogP contribution in [-0.2, 0) is 14.3 Å². The summed E-state index contributed by atoms with van der Waals surface area (Å²) >= 11 is 0. The first kappa shape index (κ1) is 22.5. The van der Waals surface area contributed by atoms with Crippen molar-refractivity contribution in [1.82, 2.24) is 4.90 Å². The van der Waals surface area contributed by atoms with Crippen molar-refractivity contribution in [2.45, 2.75) is 32.4 Å². The number of carbonyl (C=O) groups excluding carboxylic acids is 3. The lowest BCUT2D eigenvalue weighted by Gasteiger charge is -2.22. The van der Waals surface area contributed by atoms with Gasteiger partial charge in [-0.2, -0.15) is 0 Å². The molecule has 2 atom stereocenters. The van der Waals surface area contributed by atoms with E-state index in [1.165, 1.54) is 0 Å². The number of aliphatic hydroxyl groups excluding tert-OH is 1. The summed E-state index contributed by atoms with van der Waals surface area (Å²) in [4.78, 5) is 38.3. The molecule has 0 bridgehead atoms. The Kier molecular flexibility index (Phi) is 7.41. The fourth-order valence-electron chi connectivity index (χ4n) is 3.36. The molecule has 1 heterocycles. The van der Waals surface area contributed by atoms with Crippen LogP contribution in [0.15, 0.2) is 54.6 Å². The van der Waals surface area contributed by atoms with Gasteiger partial charge in [-0.3, -0.25) is 9.69 Å². The van der Waals surface area contributed by atoms with Gasteiger partial charge in [-0.25, -0.2) is 9.59 Å². The van der Waals surface area contributed by atoms with Crippen LogP contribution in [0.25, 0.3) is 11.1 Å². The molecular weight excluding hydrogens is 398 g/mol. The summed E-state index contributed by atoms with van der Waals surface area (Å²) in [7, 11) is 0. The molecule has 0 radical (unpaired) electrons. The highest BCUT2D eigenvalue weighted by molar-refractivity contribution is 5.98. The molecule has 1 aliphatic heterocycles. The Morgan fingerprint density at radius 3 is 2.29 bits per heavy atom. The Morgan fingerprint density at radius 2 is 1.65 bits per heavy atom. The molecule has 0 aliphatic carbocycles. The van der Waals surface area contributed by atoms with Gasteiger partial charge < -0.3 is 14.6 Å². The summed E-state index contributed by atoms with van der Waals surface area (Å²) in [5, 5.41) is 9.90. The van der Waals surface area contributed by atoms with Gasteiger partial charge in [0.05, 0.1) is 19.3 Å². The maximum Gasteiger partial charge on any atom is 0.410 e. The molecule has 164 valence electrons. The topological polar surface area (TPSA) is 93.1 Å². The summed E-state index contributed by atoms with van der Waals surface area (Å²) < 4.78 is 10.3. The van der Waals surface area contributed by atoms with Gasteiger partial charge in [-0.05, 0) is 17.0 Å². The number of benzene rings is 2. The first-order valence-electron chi connectivity index (χ1n) is 10.3. The van der Waals surface area contributed by atoms with Gasteiger partial charge in [-0.1, -0.05) is 68.4 Å². The summed E-state index contributed by atoms with van der Waals surface area (Å²) in [6.45, 7) is 3.56. The molecule has 2 aromatic carbocycles. The molecule has 1 aliphatic rings. The number of esters is 1. The third-order valence-electron chi connectivity index (χ3n) is 4.99. The summed E-state index contributed by atoms with van der Waals surface area (Å²) in [5.74, 6) is -0.930. The number of Topliss-reactive ketones (excluding diaryl/α,β-unsaturated/α-hetero) is 1. The number of β-amino-alcohol motifs (C(OH)–C–C–N with tert-alkyl or cyclic N) is 1. The van der Waals surface area contributed by atoms with Gasteiger partial charge in [0.1, 0.15) is 6.04 Å². The first-order valence-corrected chi connectivity index (χ1v) is 10.3. The number of carbonyl (C=O) groups is 3. The minimum atomic E-state index is -0.970. The van der Waals surface area contributed by atoms with Crippen molar-refractivity contribution in [2.75, 3.05) is 19.8 Å². The van der Waals surface area contributed by atoms with Gasteiger partial charge in [-0.15, -0.1) is 0 Å². The zero-order valence-electron chi connectivity index (χ0n) is 17.7. The van der Waals surface area contributed by atoms with E-state index >= 15 is 0 Å². The van der Waals surface area contributed by atoms with Crippen LogP contribution < -0.4 is 0 Å². The number of aliphatic hydroxyl groups is 1. The highest BCUT2D eigenvalue weighted by Crippen LogP contribution is 2.22. The molecule has 1 amide bonds. The van der Waals surface area contributed by atoms with E-state index in [1.807, 2.05) is 56.3 Å².